The first-order valence-electron chi connectivity index (χ1n) is 5.67. The zero-order valence-electron chi connectivity index (χ0n) is 9.75. The molecule has 0 aromatic carbocycles. The van der Waals surface area contributed by atoms with Crippen molar-refractivity contribution in [1.29, 1.82) is 0 Å². The first-order valence-corrected chi connectivity index (χ1v) is 5.67. The van der Waals surface area contributed by atoms with Crippen molar-refractivity contribution in [3.63, 3.8) is 0 Å². The molecule has 2 atom stereocenters. The Kier molecular flexibility index (Phi) is 5.45. The topological polar surface area (TPSA) is 24.5 Å². The van der Waals surface area contributed by atoms with Crippen molar-refractivity contribution in [2.75, 3.05) is 40.4 Å². The molecule has 2 unspecified atom stereocenters. The van der Waals surface area contributed by atoms with Gasteiger partial charge in [0.1, 0.15) is 0 Å². The molecule has 0 aromatic heterocycles. The van der Waals surface area contributed by atoms with Crippen molar-refractivity contribution in [2.24, 2.45) is 5.92 Å². The van der Waals surface area contributed by atoms with Gasteiger partial charge in [0, 0.05) is 26.3 Å². The third-order valence-corrected chi connectivity index (χ3v) is 3.31. The fraction of sp³-hybridized carbons (Fsp3) is 1.00. The second-order valence-electron chi connectivity index (χ2n) is 4.23. The summed E-state index contributed by atoms with van der Waals surface area (Å²) in [5, 5.41) is 3.28. The first kappa shape index (κ1) is 12.0. The predicted molar refractivity (Wildman–Crippen MR) is 59.6 cm³/mol. The van der Waals surface area contributed by atoms with Gasteiger partial charge >= 0.3 is 0 Å². The molecule has 0 amide bonds. The van der Waals surface area contributed by atoms with Crippen molar-refractivity contribution in [1.82, 2.24) is 10.2 Å². The monoisotopic (exact) mass is 200 g/mol. The van der Waals surface area contributed by atoms with Crippen LogP contribution >= 0.6 is 0 Å². The molecule has 14 heavy (non-hydrogen) atoms. The number of likely N-dealkylation sites (tertiary alicyclic amines) is 1. The highest BCUT2D eigenvalue weighted by Gasteiger charge is 2.29. The molecule has 1 saturated heterocycles. The highest BCUT2D eigenvalue weighted by molar-refractivity contribution is 4.84. The van der Waals surface area contributed by atoms with Gasteiger partial charge in [-0.1, -0.05) is 0 Å². The van der Waals surface area contributed by atoms with E-state index in [4.69, 9.17) is 4.74 Å². The molecule has 0 aromatic rings. The third kappa shape index (κ3) is 3.23. The average molecular weight is 200 g/mol. The molecule has 3 heteroatoms. The minimum absolute atomic E-state index is 0.735. The quantitative estimate of drug-likeness (QED) is 0.646. The lowest BCUT2D eigenvalue weighted by molar-refractivity contribution is 0.165. The summed E-state index contributed by atoms with van der Waals surface area (Å²) in [4.78, 5) is 2.58. The summed E-state index contributed by atoms with van der Waals surface area (Å²) in [6.07, 6.45) is 2.50. The van der Waals surface area contributed by atoms with Gasteiger partial charge in [-0.05, 0) is 45.8 Å². The summed E-state index contributed by atoms with van der Waals surface area (Å²) in [7, 11) is 3.82. The Morgan fingerprint density at radius 3 is 2.93 bits per heavy atom. The summed E-state index contributed by atoms with van der Waals surface area (Å²) in [5.74, 6) is 0.836. The van der Waals surface area contributed by atoms with Crippen LogP contribution in [0.4, 0.5) is 0 Å². The van der Waals surface area contributed by atoms with E-state index in [0.29, 0.717) is 0 Å². The van der Waals surface area contributed by atoms with E-state index < -0.39 is 0 Å². The molecule has 1 rings (SSSR count). The van der Waals surface area contributed by atoms with Gasteiger partial charge in [0.2, 0.25) is 0 Å². The van der Waals surface area contributed by atoms with Crippen molar-refractivity contribution < 1.29 is 4.74 Å². The maximum absolute atomic E-state index is 5.07. The van der Waals surface area contributed by atoms with Crippen molar-refractivity contribution >= 4 is 0 Å². The van der Waals surface area contributed by atoms with Crippen molar-refractivity contribution in [3.8, 4) is 0 Å². The van der Waals surface area contributed by atoms with Crippen LogP contribution in [0.25, 0.3) is 0 Å². The molecular formula is C11H24N2O. The summed E-state index contributed by atoms with van der Waals surface area (Å²) in [5.41, 5.74) is 0. The number of nitrogens with one attached hydrogen (secondary N) is 1. The van der Waals surface area contributed by atoms with Gasteiger partial charge in [-0.25, -0.2) is 0 Å². The number of ether oxygens (including phenoxy) is 1. The van der Waals surface area contributed by atoms with Crippen LogP contribution in [-0.2, 0) is 4.74 Å². The molecule has 0 bridgehead atoms. The Labute approximate surface area is 87.8 Å². The lowest BCUT2D eigenvalue weighted by Gasteiger charge is -2.24. The lowest BCUT2D eigenvalue weighted by Crippen LogP contribution is -2.34. The Bertz CT molecular complexity index is 152. The second kappa shape index (κ2) is 6.38. The van der Waals surface area contributed by atoms with E-state index in [1.165, 1.54) is 19.5 Å². The average Bonchev–Trinajstić information content (AvgIpc) is 2.51. The van der Waals surface area contributed by atoms with E-state index in [2.05, 4.69) is 17.1 Å². The van der Waals surface area contributed by atoms with E-state index in [0.717, 1.165) is 31.5 Å². The zero-order valence-corrected chi connectivity index (χ0v) is 9.75. The molecule has 0 radical (unpaired) electrons. The number of hydrogen-bond donors (Lipinski definition) is 1. The van der Waals surface area contributed by atoms with Gasteiger partial charge in [0.05, 0.1) is 0 Å². The molecule has 0 saturated carbocycles. The van der Waals surface area contributed by atoms with E-state index in [1.807, 2.05) is 7.05 Å². The summed E-state index contributed by atoms with van der Waals surface area (Å²) in [6.45, 7) is 6.84. The molecule has 84 valence electrons. The minimum atomic E-state index is 0.735. The van der Waals surface area contributed by atoms with Crippen LogP contribution in [0.2, 0.25) is 0 Å². The molecule has 1 fully saturated rings. The van der Waals surface area contributed by atoms with Gasteiger partial charge in [-0.2, -0.15) is 0 Å². The van der Waals surface area contributed by atoms with Crippen LogP contribution in [0.1, 0.15) is 19.8 Å². The summed E-state index contributed by atoms with van der Waals surface area (Å²) < 4.78 is 5.07. The Hall–Kier alpha value is -0.120. The zero-order chi connectivity index (χ0) is 10.4. The maximum atomic E-state index is 5.07. The molecule has 3 nitrogen and oxygen atoms in total. The van der Waals surface area contributed by atoms with E-state index >= 15 is 0 Å². The van der Waals surface area contributed by atoms with E-state index in [1.54, 1.807) is 7.11 Å². The minimum Gasteiger partial charge on any atom is -0.385 e. The maximum Gasteiger partial charge on any atom is 0.0474 e. The van der Waals surface area contributed by atoms with E-state index in [-0.39, 0.29) is 0 Å². The second-order valence-corrected chi connectivity index (χ2v) is 4.23. The molecule has 0 spiro atoms. The number of methoxy groups -OCH3 is 1. The van der Waals surface area contributed by atoms with Gasteiger partial charge in [0.15, 0.2) is 0 Å². The molecule has 1 heterocycles. The number of nitrogens with zero attached hydrogens (tertiary/aromatic N) is 1. The van der Waals surface area contributed by atoms with Crippen LogP contribution in [0, 0.1) is 5.92 Å². The Morgan fingerprint density at radius 1 is 1.50 bits per heavy atom. The van der Waals surface area contributed by atoms with E-state index in [9.17, 15) is 0 Å². The fourth-order valence-electron chi connectivity index (χ4n) is 2.34. The highest BCUT2D eigenvalue weighted by Crippen LogP contribution is 2.23. The standard InChI is InChI=1S/C11H24N2O/c1-10-11(9-12-2)5-7-13(10)6-4-8-14-3/h10-12H,4-9H2,1-3H3. The smallest absolute Gasteiger partial charge is 0.0474 e. The fourth-order valence-corrected chi connectivity index (χ4v) is 2.34. The SMILES string of the molecule is CNCC1CCN(CCCOC)C1C. The normalized spacial score (nSPS) is 28.5. The van der Waals surface area contributed by atoms with Gasteiger partial charge in [-0.15, -0.1) is 0 Å². The van der Waals surface area contributed by atoms with Gasteiger partial charge < -0.3 is 15.0 Å². The number of rotatable bonds is 6. The summed E-state index contributed by atoms with van der Waals surface area (Å²) >= 11 is 0. The molecule has 1 aliphatic rings. The lowest BCUT2D eigenvalue weighted by atomic mass is 10.0. The van der Waals surface area contributed by atoms with Crippen LogP contribution in [-0.4, -0.2) is 51.3 Å². The predicted octanol–water partition coefficient (Wildman–Crippen LogP) is 0.953. The molecule has 0 aliphatic carbocycles. The molecule has 1 N–H and O–H groups in total. The van der Waals surface area contributed by atoms with Gasteiger partial charge in [-0.3, -0.25) is 0 Å². The molecule has 1 aliphatic heterocycles. The molecular weight excluding hydrogens is 176 g/mol. The van der Waals surface area contributed by atoms with Crippen LogP contribution in [0.15, 0.2) is 0 Å². The van der Waals surface area contributed by atoms with Crippen LogP contribution < -0.4 is 5.32 Å². The largest absolute Gasteiger partial charge is 0.385 e. The Morgan fingerprint density at radius 2 is 2.29 bits per heavy atom. The van der Waals surface area contributed by atoms with Gasteiger partial charge in [0.25, 0.3) is 0 Å². The first-order chi connectivity index (χ1) is 6.79. The highest BCUT2D eigenvalue weighted by atomic mass is 16.5. The van der Waals surface area contributed by atoms with Crippen molar-refractivity contribution in [3.05, 3.63) is 0 Å². The Balaban J connectivity index is 2.21. The van der Waals surface area contributed by atoms with Crippen LogP contribution in [0.5, 0.6) is 0 Å². The summed E-state index contributed by atoms with van der Waals surface area (Å²) in [6, 6.07) is 0.735. The van der Waals surface area contributed by atoms with Crippen molar-refractivity contribution in [2.45, 2.75) is 25.8 Å². The number of hydrogen-bond acceptors (Lipinski definition) is 3. The third-order valence-electron chi connectivity index (χ3n) is 3.31. The van der Waals surface area contributed by atoms with Crippen LogP contribution in [0.3, 0.4) is 0 Å².